The number of carbonyl (C=O) groups excluding carboxylic acids is 1. The third kappa shape index (κ3) is 6.55. The molecule has 154 valence electrons. The topological polar surface area (TPSA) is 44.8 Å². The van der Waals surface area contributed by atoms with Gasteiger partial charge in [0.05, 0.1) is 26.4 Å². The van der Waals surface area contributed by atoms with Crippen molar-refractivity contribution in [3.8, 4) is 0 Å². The van der Waals surface area contributed by atoms with Crippen molar-refractivity contribution in [3.05, 3.63) is 83.9 Å². The van der Waals surface area contributed by atoms with Crippen LogP contribution in [0, 0.1) is 11.8 Å². The molecule has 2 aromatic rings. The molecular formula is C25H30O4. The summed E-state index contributed by atoms with van der Waals surface area (Å²) in [6.45, 7) is 7.88. The Morgan fingerprint density at radius 2 is 1.48 bits per heavy atom. The van der Waals surface area contributed by atoms with Crippen molar-refractivity contribution in [2.45, 2.75) is 39.1 Å². The number of ether oxygens (including phenoxy) is 3. The Kier molecular flexibility index (Phi) is 8.03. The van der Waals surface area contributed by atoms with E-state index in [0.717, 1.165) is 29.5 Å². The van der Waals surface area contributed by atoms with Crippen LogP contribution in [-0.4, -0.2) is 25.3 Å². The van der Waals surface area contributed by atoms with Crippen molar-refractivity contribution in [2.75, 3.05) is 13.2 Å². The van der Waals surface area contributed by atoms with Crippen LogP contribution in [0.25, 0.3) is 0 Å². The van der Waals surface area contributed by atoms with Crippen LogP contribution in [0.3, 0.4) is 0 Å². The standard InChI is InChI=1S/C25H30O4/c1-19-13-14-25(29-20(2)26)24(18-28-16-22-11-7-4-8-12-22)23(19)17-27-15-21-9-5-3-6-10-21/h3-12,23-25H,1,13-18H2,2H3/t23-,24-,25-/m0/s1. The van der Waals surface area contributed by atoms with E-state index in [1.54, 1.807) is 0 Å². The number of carbonyl (C=O) groups is 1. The third-order valence-electron chi connectivity index (χ3n) is 5.42. The van der Waals surface area contributed by atoms with Crippen molar-refractivity contribution in [3.63, 3.8) is 0 Å². The molecule has 0 aliphatic heterocycles. The fraction of sp³-hybridized carbons (Fsp3) is 0.400. The van der Waals surface area contributed by atoms with E-state index in [9.17, 15) is 4.79 Å². The molecule has 4 heteroatoms. The van der Waals surface area contributed by atoms with Crippen molar-refractivity contribution in [2.24, 2.45) is 11.8 Å². The molecule has 0 spiro atoms. The van der Waals surface area contributed by atoms with Gasteiger partial charge in [0.25, 0.3) is 0 Å². The summed E-state index contributed by atoms with van der Waals surface area (Å²) in [6, 6.07) is 20.2. The van der Waals surface area contributed by atoms with Gasteiger partial charge in [-0.15, -0.1) is 0 Å². The maximum Gasteiger partial charge on any atom is 0.302 e. The molecule has 0 heterocycles. The van der Waals surface area contributed by atoms with Gasteiger partial charge in [0.1, 0.15) is 6.10 Å². The summed E-state index contributed by atoms with van der Waals surface area (Å²) >= 11 is 0. The summed E-state index contributed by atoms with van der Waals surface area (Å²) < 4.78 is 17.7. The van der Waals surface area contributed by atoms with Gasteiger partial charge in [0, 0.05) is 18.8 Å². The van der Waals surface area contributed by atoms with Crippen LogP contribution < -0.4 is 0 Å². The van der Waals surface area contributed by atoms with Crippen LogP contribution in [0.1, 0.15) is 30.9 Å². The van der Waals surface area contributed by atoms with Gasteiger partial charge >= 0.3 is 5.97 Å². The third-order valence-corrected chi connectivity index (χ3v) is 5.42. The molecule has 0 unspecified atom stereocenters. The van der Waals surface area contributed by atoms with E-state index in [0.29, 0.717) is 26.4 Å². The fourth-order valence-electron chi connectivity index (χ4n) is 3.88. The van der Waals surface area contributed by atoms with Gasteiger partial charge in [-0.1, -0.05) is 72.8 Å². The summed E-state index contributed by atoms with van der Waals surface area (Å²) in [7, 11) is 0. The lowest BCUT2D eigenvalue weighted by Crippen LogP contribution is -2.41. The molecule has 1 fully saturated rings. The molecule has 1 aliphatic carbocycles. The van der Waals surface area contributed by atoms with Gasteiger partial charge in [-0.05, 0) is 24.0 Å². The largest absolute Gasteiger partial charge is 0.462 e. The molecule has 4 nitrogen and oxygen atoms in total. The highest BCUT2D eigenvalue weighted by atomic mass is 16.5. The summed E-state index contributed by atoms with van der Waals surface area (Å²) in [5.74, 6) is -0.105. The minimum absolute atomic E-state index is 0.0413. The van der Waals surface area contributed by atoms with Gasteiger partial charge in [-0.3, -0.25) is 4.79 Å². The normalized spacial score (nSPS) is 21.7. The van der Waals surface area contributed by atoms with E-state index in [2.05, 4.69) is 18.7 Å². The lowest BCUT2D eigenvalue weighted by atomic mass is 9.75. The van der Waals surface area contributed by atoms with Crippen molar-refractivity contribution >= 4 is 5.97 Å². The van der Waals surface area contributed by atoms with Crippen LogP contribution in [-0.2, 0) is 32.2 Å². The van der Waals surface area contributed by atoms with E-state index in [4.69, 9.17) is 14.2 Å². The van der Waals surface area contributed by atoms with Crippen molar-refractivity contribution in [1.82, 2.24) is 0 Å². The van der Waals surface area contributed by atoms with Crippen LogP contribution in [0.2, 0.25) is 0 Å². The maximum atomic E-state index is 11.6. The second-order valence-electron chi connectivity index (χ2n) is 7.62. The molecule has 0 amide bonds. The predicted molar refractivity (Wildman–Crippen MR) is 113 cm³/mol. The van der Waals surface area contributed by atoms with Crippen molar-refractivity contribution < 1.29 is 19.0 Å². The van der Waals surface area contributed by atoms with Crippen LogP contribution >= 0.6 is 0 Å². The lowest BCUT2D eigenvalue weighted by molar-refractivity contribution is -0.154. The summed E-state index contributed by atoms with van der Waals surface area (Å²) in [6.07, 6.45) is 1.46. The van der Waals surface area contributed by atoms with Crippen molar-refractivity contribution in [1.29, 1.82) is 0 Å². The van der Waals surface area contributed by atoms with E-state index in [1.807, 2.05) is 48.5 Å². The van der Waals surface area contributed by atoms with Crippen LogP contribution in [0.5, 0.6) is 0 Å². The quantitative estimate of drug-likeness (QED) is 0.447. The molecule has 0 radical (unpaired) electrons. The smallest absolute Gasteiger partial charge is 0.302 e. The Hall–Kier alpha value is -2.43. The van der Waals surface area contributed by atoms with E-state index in [-0.39, 0.29) is 23.9 Å². The Morgan fingerprint density at radius 1 is 0.931 bits per heavy atom. The molecule has 0 saturated heterocycles. The monoisotopic (exact) mass is 394 g/mol. The fourth-order valence-corrected chi connectivity index (χ4v) is 3.88. The number of hydrogen-bond acceptors (Lipinski definition) is 4. The van der Waals surface area contributed by atoms with Gasteiger partial charge in [0.2, 0.25) is 0 Å². The second kappa shape index (κ2) is 10.9. The highest BCUT2D eigenvalue weighted by molar-refractivity contribution is 5.66. The zero-order chi connectivity index (χ0) is 20.5. The molecule has 2 aromatic carbocycles. The lowest BCUT2D eigenvalue weighted by Gasteiger charge is -2.38. The van der Waals surface area contributed by atoms with E-state index in [1.165, 1.54) is 6.92 Å². The number of esters is 1. The Labute approximate surface area is 173 Å². The molecule has 1 saturated carbocycles. The van der Waals surface area contributed by atoms with Crippen LogP contribution in [0.15, 0.2) is 72.8 Å². The first-order chi connectivity index (χ1) is 14.1. The molecule has 0 N–H and O–H groups in total. The first-order valence-electron chi connectivity index (χ1n) is 10.2. The molecular weight excluding hydrogens is 364 g/mol. The Morgan fingerprint density at radius 3 is 2.03 bits per heavy atom. The zero-order valence-electron chi connectivity index (χ0n) is 17.1. The SMILES string of the molecule is C=C1CC[C@H](OC(C)=O)[C@@H](COCc2ccccc2)[C@H]1COCc1ccccc1. The van der Waals surface area contributed by atoms with E-state index >= 15 is 0 Å². The van der Waals surface area contributed by atoms with Gasteiger partial charge in [-0.2, -0.15) is 0 Å². The highest BCUT2D eigenvalue weighted by Gasteiger charge is 2.37. The number of hydrogen-bond donors (Lipinski definition) is 0. The van der Waals surface area contributed by atoms with Gasteiger partial charge in [0.15, 0.2) is 0 Å². The molecule has 3 rings (SSSR count). The minimum atomic E-state index is -0.250. The number of rotatable bonds is 9. The molecule has 29 heavy (non-hydrogen) atoms. The first-order valence-corrected chi connectivity index (χ1v) is 10.2. The zero-order valence-corrected chi connectivity index (χ0v) is 17.1. The van der Waals surface area contributed by atoms with E-state index < -0.39 is 0 Å². The maximum absolute atomic E-state index is 11.6. The molecule has 0 aromatic heterocycles. The average Bonchev–Trinajstić information content (AvgIpc) is 2.73. The van der Waals surface area contributed by atoms with Gasteiger partial charge < -0.3 is 14.2 Å². The van der Waals surface area contributed by atoms with Crippen LogP contribution in [0.4, 0.5) is 0 Å². The minimum Gasteiger partial charge on any atom is -0.462 e. The Balaban J connectivity index is 1.62. The average molecular weight is 395 g/mol. The first kappa shape index (κ1) is 21.3. The number of benzene rings is 2. The molecule has 3 atom stereocenters. The second-order valence-corrected chi connectivity index (χ2v) is 7.62. The summed E-state index contributed by atoms with van der Waals surface area (Å²) in [5.41, 5.74) is 3.42. The molecule has 1 aliphatic rings. The summed E-state index contributed by atoms with van der Waals surface area (Å²) in [4.78, 5) is 11.6. The predicted octanol–water partition coefficient (Wildman–Crippen LogP) is 4.93. The Bertz CT molecular complexity index is 772. The highest BCUT2D eigenvalue weighted by Crippen LogP contribution is 2.36. The summed E-state index contributed by atoms with van der Waals surface area (Å²) in [5, 5.41) is 0. The van der Waals surface area contributed by atoms with Gasteiger partial charge in [-0.25, -0.2) is 0 Å². The molecule has 0 bridgehead atoms.